The molecule has 2 aromatic heterocycles. The highest BCUT2D eigenvalue weighted by atomic mass is 32.1. The van der Waals surface area contributed by atoms with E-state index >= 15 is 0 Å². The maximum Gasteiger partial charge on any atom is 0.414 e. The van der Waals surface area contributed by atoms with Gasteiger partial charge in [-0.05, 0) is 31.5 Å². The van der Waals surface area contributed by atoms with Crippen molar-refractivity contribution >= 4 is 39.8 Å². The quantitative estimate of drug-likeness (QED) is 0.455. The summed E-state index contributed by atoms with van der Waals surface area (Å²) < 4.78 is 1.53. The van der Waals surface area contributed by atoms with Crippen molar-refractivity contribution in [2.75, 3.05) is 18.4 Å². The predicted octanol–water partition coefficient (Wildman–Crippen LogP) is 2.07. The van der Waals surface area contributed by atoms with Crippen LogP contribution in [-0.4, -0.2) is 55.4 Å². The molecule has 0 atom stereocenters. The summed E-state index contributed by atoms with van der Waals surface area (Å²) in [5.74, 6) is -3.72. The lowest BCUT2D eigenvalue weighted by Gasteiger charge is -2.21. The van der Waals surface area contributed by atoms with Gasteiger partial charge in [-0.25, -0.2) is 14.6 Å². The molecule has 11 heteroatoms. The number of hydrogen-bond acceptors (Lipinski definition) is 7. The van der Waals surface area contributed by atoms with Gasteiger partial charge in [-0.3, -0.25) is 18.9 Å². The fourth-order valence-corrected chi connectivity index (χ4v) is 3.57. The highest BCUT2D eigenvalue weighted by Gasteiger charge is 2.14. The van der Waals surface area contributed by atoms with Gasteiger partial charge in [0.15, 0.2) is 4.96 Å². The molecule has 0 aliphatic heterocycles. The molecule has 0 bridgehead atoms. The largest absolute Gasteiger partial charge is 0.473 e. The van der Waals surface area contributed by atoms with E-state index in [1.165, 1.54) is 15.7 Å². The second-order valence-corrected chi connectivity index (χ2v) is 7.70. The number of fused-ring (bicyclic) bond motifs is 1. The van der Waals surface area contributed by atoms with Gasteiger partial charge in [0.1, 0.15) is 0 Å². The maximum atomic E-state index is 12.4. The van der Waals surface area contributed by atoms with E-state index in [-0.39, 0.29) is 18.0 Å². The van der Waals surface area contributed by atoms with Crippen LogP contribution in [0.25, 0.3) is 4.96 Å². The highest BCUT2D eigenvalue weighted by molar-refractivity contribution is 7.15. The van der Waals surface area contributed by atoms with Crippen molar-refractivity contribution < 1.29 is 24.6 Å². The summed E-state index contributed by atoms with van der Waals surface area (Å²) in [6, 6.07) is 9.25. The number of carboxylic acids is 2. The first-order chi connectivity index (χ1) is 15.2. The zero-order valence-electron chi connectivity index (χ0n) is 17.6. The summed E-state index contributed by atoms with van der Waals surface area (Å²) in [6.07, 6.45) is 2.64. The van der Waals surface area contributed by atoms with Gasteiger partial charge in [0.25, 0.3) is 5.56 Å². The average Bonchev–Trinajstić information content (AvgIpc) is 3.19. The fraction of sp³-hybridized carbons (Fsp3) is 0.286. The Morgan fingerprint density at radius 3 is 2.50 bits per heavy atom. The zero-order chi connectivity index (χ0) is 23.7. The zero-order valence-corrected chi connectivity index (χ0v) is 18.5. The minimum absolute atomic E-state index is 0.0679. The average molecular weight is 461 g/mol. The van der Waals surface area contributed by atoms with Crippen LogP contribution in [0.2, 0.25) is 0 Å². The number of rotatable bonds is 7. The van der Waals surface area contributed by atoms with Crippen molar-refractivity contribution in [2.45, 2.75) is 26.8 Å². The summed E-state index contributed by atoms with van der Waals surface area (Å²) in [7, 11) is 0. The normalized spacial score (nSPS) is 10.5. The second-order valence-electron chi connectivity index (χ2n) is 6.83. The number of nitrogens with zero attached hydrogens (tertiary/aromatic N) is 3. The number of carbonyl (C=O) groups is 3. The van der Waals surface area contributed by atoms with Crippen LogP contribution in [0.3, 0.4) is 0 Å². The molecule has 0 spiro atoms. The Labute approximate surface area is 187 Å². The molecule has 32 heavy (non-hydrogen) atoms. The first-order valence-corrected chi connectivity index (χ1v) is 10.6. The molecule has 0 unspecified atom stereocenters. The van der Waals surface area contributed by atoms with Gasteiger partial charge in [-0.15, -0.1) is 11.3 Å². The number of benzene rings is 1. The number of amides is 1. The molecule has 0 fully saturated rings. The number of nitrogens with one attached hydrogen (secondary N) is 1. The Hall–Kier alpha value is -3.57. The van der Waals surface area contributed by atoms with Gasteiger partial charge in [0.05, 0.1) is 12.2 Å². The van der Waals surface area contributed by atoms with Gasteiger partial charge in [0.2, 0.25) is 5.91 Å². The van der Waals surface area contributed by atoms with E-state index in [0.717, 1.165) is 24.2 Å². The molecule has 0 radical (unpaired) electrons. The molecule has 3 rings (SSSR count). The molecule has 0 saturated heterocycles. The van der Waals surface area contributed by atoms with E-state index in [9.17, 15) is 9.59 Å². The second kappa shape index (κ2) is 11.7. The number of aliphatic carboxylic acids is 2. The van der Waals surface area contributed by atoms with E-state index in [2.05, 4.69) is 17.2 Å². The Balaban J connectivity index is 0.000000534. The maximum absolute atomic E-state index is 12.4. The van der Waals surface area contributed by atoms with E-state index in [4.69, 9.17) is 19.8 Å². The molecule has 170 valence electrons. The van der Waals surface area contributed by atoms with Crippen molar-refractivity contribution in [1.29, 1.82) is 0 Å². The number of aromatic nitrogens is 2. The number of aryl methyl sites for hydroxylation is 1. The van der Waals surface area contributed by atoms with Crippen molar-refractivity contribution in [2.24, 2.45) is 0 Å². The minimum atomic E-state index is -1.82. The van der Waals surface area contributed by atoms with Crippen molar-refractivity contribution in [3.8, 4) is 0 Å². The summed E-state index contributed by atoms with van der Waals surface area (Å²) in [5.41, 5.74) is 2.45. The van der Waals surface area contributed by atoms with Crippen LogP contribution in [0, 0.1) is 6.92 Å². The Morgan fingerprint density at radius 1 is 1.19 bits per heavy atom. The van der Waals surface area contributed by atoms with Crippen LogP contribution in [-0.2, 0) is 20.9 Å². The topological polar surface area (TPSA) is 141 Å². The number of thiazole rings is 1. The summed E-state index contributed by atoms with van der Waals surface area (Å²) in [4.78, 5) is 50.0. The number of hydrogen-bond donors (Lipinski definition) is 3. The molecule has 10 nitrogen and oxygen atoms in total. The van der Waals surface area contributed by atoms with Crippen molar-refractivity contribution in [3.05, 3.63) is 63.5 Å². The standard InChI is InChI=1S/C19H22N4O2S.C2H2O4/c1-3-8-22(13-17(24)21-16-7-5-4-6-14(16)2)12-15-11-18(25)23-9-10-26-19(23)20-15;3-1(4)2(5)6/h4-7,9-11H,3,8,12-13H2,1-2H3,(H,21,24);(H,3,4)(H,5,6). The summed E-state index contributed by atoms with van der Waals surface area (Å²) in [5, 5.41) is 19.6. The molecule has 2 heterocycles. The molecular formula is C21H24N4O6S. The van der Waals surface area contributed by atoms with Gasteiger partial charge in [-0.1, -0.05) is 25.1 Å². The lowest BCUT2D eigenvalue weighted by molar-refractivity contribution is -0.159. The molecular weight excluding hydrogens is 436 g/mol. The monoisotopic (exact) mass is 460 g/mol. The van der Waals surface area contributed by atoms with Crippen LogP contribution >= 0.6 is 11.3 Å². The van der Waals surface area contributed by atoms with Crippen LogP contribution in [0.5, 0.6) is 0 Å². The Kier molecular flexibility index (Phi) is 9.05. The smallest absolute Gasteiger partial charge is 0.414 e. The van der Waals surface area contributed by atoms with Crippen LogP contribution in [0.4, 0.5) is 5.69 Å². The van der Waals surface area contributed by atoms with E-state index in [1.54, 1.807) is 12.3 Å². The molecule has 0 aliphatic carbocycles. The molecule has 3 aromatic rings. The fourth-order valence-electron chi connectivity index (χ4n) is 2.83. The first kappa shape index (κ1) is 24.7. The highest BCUT2D eigenvalue weighted by Crippen LogP contribution is 2.13. The van der Waals surface area contributed by atoms with Crippen LogP contribution in [0.15, 0.2) is 46.7 Å². The third-order valence-corrected chi connectivity index (χ3v) is 5.01. The summed E-state index contributed by atoms with van der Waals surface area (Å²) in [6.45, 7) is 5.52. The number of carboxylic acid groups (broad SMARTS) is 2. The Bertz CT molecular complexity index is 1140. The van der Waals surface area contributed by atoms with Crippen LogP contribution < -0.4 is 10.9 Å². The number of carbonyl (C=O) groups excluding carboxylic acids is 1. The molecule has 0 aliphatic rings. The van der Waals surface area contributed by atoms with Gasteiger partial charge in [0, 0.05) is 29.9 Å². The number of anilines is 1. The molecule has 1 amide bonds. The summed E-state index contributed by atoms with van der Waals surface area (Å²) >= 11 is 1.43. The van der Waals surface area contributed by atoms with E-state index < -0.39 is 11.9 Å². The van der Waals surface area contributed by atoms with Gasteiger partial charge in [-0.2, -0.15) is 0 Å². The van der Waals surface area contributed by atoms with Crippen molar-refractivity contribution in [3.63, 3.8) is 0 Å². The SMILES string of the molecule is CCCN(CC(=O)Nc1ccccc1C)Cc1cc(=O)n2ccsc2n1.O=C(O)C(=O)O. The van der Waals surface area contributed by atoms with Gasteiger partial charge < -0.3 is 15.5 Å². The third-order valence-electron chi connectivity index (χ3n) is 4.25. The first-order valence-electron chi connectivity index (χ1n) is 9.71. The predicted molar refractivity (Wildman–Crippen MR) is 120 cm³/mol. The van der Waals surface area contributed by atoms with Crippen molar-refractivity contribution in [1.82, 2.24) is 14.3 Å². The van der Waals surface area contributed by atoms with Crippen LogP contribution in [0.1, 0.15) is 24.6 Å². The Morgan fingerprint density at radius 2 is 1.88 bits per heavy atom. The molecule has 3 N–H and O–H groups in total. The molecule has 0 saturated carbocycles. The van der Waals surface area contributed by atoms with E-state index in [0.29, 0.717) is 17.2 Å². The number of para-hydroxylation sites is 1. The lowest BCUT2D eigenvalue weighted by atomic mass is 10.2. The van der Waals surface area contributed by atoms with E-state index in [1.807, 2.05) is 41.5 Å². The third kappa shape index (κ3) is 7.29. The van der Waals surface area contributed by atoms with Gasteiger partial charge >= 0.3 is 11.9 Å². The minimum Gasteiger partial charge on any atom is -0.473 e. The lowest BCUT2D eigenvalue weighted by Crippen LogP contribution is -2.34. The molecule has 1 aromatic carbocycles.